The molecule has 39 heavy (non-hydrogen) atoms. The summed E-state index contributed by atoms with van der Waals surface area (Å²) in [6.07, 6.45) is 15.3. The van der Waals surface area contributed by atoms with Crippen molar-refractivity contribution < 1.29 is 19.1 Å². The van der Waals surface area contributed by atoms with Gasteiger partial charge >= 0.3 is 0 Å². The summed E-state index contributed by atoms with van der Waals surface area (Å²) in [6, 6.07) is 11.1. The fraction of sp³-hybridized carbons (Fsp3) is 0.103. The van der Waals surface area contributed by atoms with Gasteiger partial charge in [-0.3, -0.25) is 19.6 Å². The van der Waals surface area contributed by atoms with Crippen molar-refractivity contribution in [1.82, 2.24) is 29.3 Å². The molecule has 0 unspecified atom stereocenters. The molecule has 6 heterocycles. The molecule has 0 aliphatic rings. The molecule has 194 valence electrons. The Balaban J connectivity index is 0.000000158. The molecule has 0 aliphatic heterocycles. The first-order valence-electron chi connectivity index (χ1n) is 12.0. The standard InChI is InChI=1S/C15H13N3O2.C14H11N3O2/c1-11-7-13(9-19)14(8-17-11)20-10-12-3-2-5-18-6-4-16-15(12)18;18-8-10-1-4-15-7-13(10)19-9-11-2-5-16-14-12(11)3-6-17-14/h2-9H,10H2,1H3;1-8H,9H2,(H,16,17). The lowest BCUT2D eigenvalue weighted by atomic mass is 10.2. The number of pyridine rings is 4. The van der Waals surface area contributed by atoms with Gasteiger partial charge in [0.1, 0.15) is 36.0 Å². The first-order valence-corrected chi connectivity index (χ1v) is 12.0. The molecule has 0 radical (unpaired) electrons. The van der Waals surface area contributed by atoms with Gasteiger partial charge in [-0.2, -0.15) is 0 Å². The van der Waals surface area contributed by atoms with Crippen LogP contribution < -0.4 is 9.47 Å². The topological polar surface area (TPSA) is 124 Å². The van der Waals surface area contributed by atoms with Gasteiger partial charge in [0.15, 0.2) is 12.6 Å². The number of fused-ring (bicyclic) bond motifs is 2. The molecule has 0 atom stereocenters. The second-order valence-electron chi connectivity index (χ2n) is 8.49. The second kappa shape index (κ2) is 11.8. The van der Waals surface area contributed by atoms with E-state index in [-0.39, 0.29) is 0 Å². The van der Waals surface area contributed by atoms with Crippen molar-refractivity contribution in [2.45, 2.75) is 20.1 Å². The van der Waals surface area contributed by atoms with Crippen molar-refractivity contribution in [1.29, 1.82) is 0 Å². The lowest BCUT2D eigenvalue weighted by Crippen LogP contribution is -2.01. The molecule has 6 rings (SSSR count). The van der Waals surface area contributed by atoms with Crippen molar-refractivity contribution in [3.05, 3.63) is 114 Å². The van der Waals surface area contributed by atoms with Crippen LogP contribution in [0.4, 0.5) is 0 Å². The summed E-state index contributed by atoms with van der Waals surface area (Å²) in [5, 5.41) is 1.01. The van der Waals surface area contributed by atoms with Crippen molar-refractivity contribution >= 4 is 29.3 Å². The van der Waals surface area contributed by atoms with Crippen LogP contribution in [0, 0.1) is 6.92 Å². The third kappa shape index (κ3) is 5.80. The predicted molar refractivity (Wildman–Crippen MR) is 144 cm³/mol. The van der Waals surface area contributed by atoms with Gasteiger partial charge < -0.3 is 18.9 Å². The van der Waals surface area contributed by atoms with Gasteiger partial charge in [0, 0.05) is 59.4 Å². The summed E-state index contributed by atoms with van der Waals surface area (Å²) in [6.45, 7) is 2.54. The molecule has 0 amide bonds. The van der Waals surface area contributed by atoms with Crippen LogP contribution in [0.15, 0.2) is 86.0 Å². The maximum absolute atomic E-state index is 11.0. The summed E-state index contributed by atoms with van der Waals surface area (Å²) in [7, 11) is 0. The van der Waals surface area contributed by atoms with E-state index in [1.807, 2.05) is 54.2 Å². The van der Waals surface area contributed by atoms with Gasteiger partial charge in [-0.1, -0.05) is 6.07 Å². The van der Waals surface area contributed by atoms with Crippen molar-refractivity contribution in [3.63, 3.8) is 0 Å². The highest BCUT2D eigenvalue weighted by Crippen LogP contribution is 2.20. The molecule has 0 aliphatic carbocycles. The Morgan fingerprint density at radius 3 is 2.51 bits per heavy atom. The molecule has 10 heteroatoms. The minimum absolute atomic E-state index is 0.340. The number of hydrogen-bond acceptors (Lipinski definition) is 8. The number of aldehydes is 2. The highest BCUT2D eigenvalue weighted by atomic mass is 16.5. The van der Waals surface area contributed by atoms with Crippen molar-refractivity contribution in [3.8, 4) is 11.5 Å². The predicted octanol–water partition coefficient (Wildman–Crippen LogP) is 4.78. The highest BCUT2D eigenvalue weighted by molar-refractivity contribution is 5.80. The quantitative estimate of drug-likeness (QED) is 0.284. The average molecular weight is 521 g/mol. The van der Waals surface area contributed by atoms with Crippen molar-refractivity contribution in [2.75, 3.05) is 0 Å². The Labute approximate surface area is 223 Å². The summed E-state index contributed by atoms with van der Waals surface area (Å²) >= 11 is 0. The Hall–Kier alpha value is -5.38. The van der Waals surface area contributed by atoms with Gasteiger partial charge in [0.2, 0.25) is 0 Å². The molecule has 0 bridgehead atoms. The van der Waals surface area contributed by atoms with E-state index in [2.05, 4.69) is 24.9 Å². The van der Waals surface area contributed by atoms with Crippen LogP contribution in [0.2, 0.25) is 0 Å². The Morgan fingerprint density at radius 1 is 0.846 bits per heavy atom. The lowest BCUT2D eigenvalue weighted by Gasteiger charge is -2.09. The monoisotopic (exact) mass is 520 g/mol. The summed E-state index contributed by atoms with van der Waals surface area (Å²) in [5.41, 5.74) is 5.42. The van der Waals surface area contributed by atoms with Crippen LogP contribution in [0.1, 0.15) is 37.5 Å². The van der Waals surface area contributed by atoms with E-state index in [1.54, 1.807) is 43.1 Å². The molecule has 0 saturated heterocycles. The van der Waals surface area contributed by atoms with E-state index in [0.717, 1.165) is 46.1 Å². The fourth-order valence-corrected chi connectivity index (χ4v) is 3.97. The van der Waals surface area contributed by atoms with E-state index in [0.29, 0.717) is 35.8 Å². The molecule has 1 N–H and O–H groups in total. The van der Waals surface area contributed by atoms with Crippen LogP contribution >= 0.6 is 0 Å². The first kappa shape index (κ1) is 25.3. The fourth-order valence-electron chi connectivity index (χ4n) is 3.97. The van der Waals surface area contributed by atoms with Gasteiger partial charge in [0.05, 0.1) is 23.5 Å². The van der Waals surface area contributed by atoms with E-state index in [9.17, 15) is 9.59 Å². The van der Waals surface area contributed by atoms with Crippen LogP contribution in [-0.4, -0.2) is 41.9 Å². The number of carbonyl (C=O) groups excluding carboxylic acids is 2. The van der Waals surface area contributed by atoms with E-state index in [1.165, 1.54) is 0 Å². The molecule has 6 aromatic heterocycles. The normalized spacial score (nSPS) is 10.6. The number of aromatic nitrogens is 6. The average Bonchev–Trinajstić information content (AvgIpc) is 3.66. The van der Waals surface area contributed by atoms with Crippen LogP contribution in [0.3, 0.4) is 0 Å². The highest BCUT2D eigenvalue weighted by Gasteiger charge is 2.08. The Morgan fingerprint density at radius 2 is 1.67 bits per heavy atom. The number of rotatable bonds is 8. The van der Waals surface area contributed by atoms with E-state index < -0.39 is 0 Å². The van der Waals surface area contributed by atoms with Crippen LogP contribution in [0.25, 0.3) is 16.7 Å². The number of nitrogens with zero attached hydrogens (tertiary/aromatic N) is 5. The second-order valence-corrected chi connectivity index (χ2v) is 8.49. The zero-order valence-electron chi connectivity index (χ0n) is 21.0. The molecule has 6 aromatic rings. The molecule has 10 nitrogen and oxygen atoms in total. The maximum Gasteiger partial charge on any atom is 0.153 e. The first-order chi connectivity index (χ1) is 19.2. The summed E-state index contributed by atoms with van der Waals surface area (Å²) in [5.74, 6) is 0.970. The third-order valence-corrected chi connectivity index (χ3v) is 5.92. The zero-order valence-corrected chi connectivity index (χ0v) is 21.0. The summed E-state index contributed by atoms with van der Waals surface area (Å²) < 4.78 is 13.3. The molecular formula is C29H24N6O4. The van der Waals surface area contributed by atoms with Crippen LogP contribution in [-0.2, 0) is 13.2 Å². The number of H-pyrrole nitrogens is 1. The minimum Gasteiger partial charge on any atom is -0.487 e. The molecule has 0 spiro atoms. The van der Waals surface area contributed by atoms with Gasteiger partial charge in [-0.25, -0.2) is 9.97 Å². The largest absolute Gasteiger partial charge is 0.487 e. The van der Waals surface area contributed by atoms with E-state index in [4.69, 9.17) is 9.47 Å². The van der Waals surface area contributed by atoms with Gasteiger partial charge in [-0.15, -0.1) is 0 Å². The Bertz CT molecular complexity index is 1740. The lowest BCUT2D eigenvalue weighted by molar-refractivity contribution is 0.111. The zero-order chi connectivity index (χ0) is 27.0. The number of aryl methyl sites for hydroxylation is 1. The molecule has 0 fully saturated rings. The van der Waals surface area contributed by atoms with Gasteiger partial charge in [0.25, 0.3) is 0 Å². The van der Waals surface area contributed by atoms with E-state index >= 15 is 0 Å². The minimum atomic E-state index is 0.340. The molecular weight excluding hydrogens is 496 g/mol. The smallest absolute Gasteiger partial charge is 0.153 e. The third-order valence-electron chi connectivity index (χ3n) is 5.92. The number of carbonyl (C=O) groups is 2. The van der Waals surface area contributed by atoms with Crippen molar-refractivity contribution in [2.24, 2.45) is 0 Å². The molecule has 0 saturated carbocycles. The maximum atomic E-state index is 11.0. The number of imidazole rings is 1. The number of aromatic amines is 1. The van der Waals surface area contributed by atoms with Crippen LogP contribution in [0.5, 0.6) is 11.5 Å². The Kier molecular flexibility index (Phi) is 7.63. The summed E-state index contributed by atoms with van der Waals surface area (Å²) in [4.78, 5) is 41.6. The number of hydrogen-bond donors (Lipinski definition) is 1. The SMILES string of the molecule is Cc1cc(C=O)c(OCc2cccn3ccnc23)cn1.O=Cc1ccncc1OCc1ccnc2[nH]ccc12. The number of nitrogens with one attached hydrogen (secondary N) is 1. The van der Waals surface area contributed by atoms with Gasteiger partial charge in [-0.05, 0) is 37.3 Å². The molecule has 0 aromatic carbocycles. The number of ether oxygens (including phenoxy) is 2.